The first kappa shape index (κ1) is 9.25. The molecule has 0 aliphatic rings. The molecule has 13 heavy (non-hydrogen) atoms. The molecule has 68 valence electrons. The lowest BCUT2D eigenvalue weighted by Crippen LogP contribution is -2.05. The molecular formula is C9H10N2O2. The van der Waals surface area contributed by atoms with Crippen molar-refractivity contribution in [2.45, 2.75) is 6.54 Å². The highest BCUT2D eigenvalue weighted by Gasteiger charge is 1.88. The molecule has 0 saturated carbocycles. The van der Waals surface area contributed by atoms with E-state index < -0.39 is 5.97 Å². The molecule has 0 amide bonds. The van der Waals surface area contributed by atoms with Crippen LogP contribution in [-0.2, 0) is 11.3 Å². The van der Waals surface area contributed by atoms with Crippen LogP contribution < -0.4 is 5.32 Å². The second kappa shape index (κ2) is 4.92. The summed E-state index contributed by atoms with van der Waals surface area (Å²) in [6, 6.07) is 3.73. The van der Waals surface area contributed by atoms with Crippen molar-refractivity contribution in [1.82, 2.24) is 10.3 Å². The quantitative estimate of drug-likeness (QED) is 0.668. The predicted molar refractivity (Wildman–Crippen MR) is 47.9 cm³/mol. The molecule has 0 aromatic carbocycles. The van der Waals surface area contributed by atoms with Gasteiger partial charge in [-0.2, -0.15) is 0 Å². The summed E-state index contributed by atoms with van der Waals surface area (Å²) in [4.78, 5) is 13.9. The number of aromatic nitrogens is 1. The zero-order valence-electron chi connectivity index (χ0n) is 6.97. The molecule has 0 fully saturated rings. The first-order valence-electron chi connectivity index (χ1n) is 3.81. The third kappa shape index (κ3) is 3.91. The Morgan fingerprint density at radius 2 is 2.23 bits per heavy atom. The van der Waals surface area contributed by atoms with Gasteiger partial charge in [0.15, 0.2) is 0 Å². The minimum Gasteiger partial charge on any atom is -0.478 e. The van der Waals surface area contributed by atoms with Crippen LogP contribution in [0.5, 0.6) is 0 Å². The number of carboxylic acid groups (broad SMARTS) is 1. The van der Waals surface area contributed by atoms with Crippen molar-refractivity contribution < 1.29 is 9.90 Å². The smallest absolute Gasteiger partial charge is 0.329 e. The van der Waals surface area contributed by atoms with Crippen LogP contribution >= 0.6 is 0 Å². The molecule has 1 aromatic rings. The molecule has 1 aromatic heterocycles. The van der Waals surface area contributed by atoms with Gasteiger partial charge in [0, 0.05) is 31.2 Å². The number of hydrogen-bond acceptors (Lipinski definition) is 3. The highest BCUT2D eigenvalue weighted by atomic mass is 16.4. The van der Waals surface area contributed by atoms with Crippen molar-refractivity contribution >= 4 is 5.97 Å². The Labute approximate surface area is 75.9 Å². The Morgan fingerprint density at radius 3 is 2.85 bits per heavy atom. The van der Waals surface area contributed by atoms with Crippen molar-refractivity contribution in [2.24, 2.45) is 0 Å². The van der Waals surface area contributed by atoms with E-state index in [0.29, 0.717) is 6.54 Å². The number of aliphatic carboxylic acids is 1. The molecule has 0 aliphatic heterocycles. The second-order valence-corrected chi connectivity index (χ2v) is 2.41. The monoisotopic (exact) mass is 178 g/mol. The fourth-order valence-electron chi connectivity index (χ4n) is 0.808. The van der Waals surface area contributed by atoms with E-state index in [2.05, 4.69) is 10.3 Å². The molecule has 0 atom stereocenters. The lowest BCUT2D eigenvalue weighted by molar-refractivity contribution is -0.131. The first-order valence-corrected chi connectivity index (χ1v) is 3.81. The first-order chi connectivity index (χ1) is 6.29. The molecule has 2 N–H and O–H groups in total. The van der Waals surface area contributed by atoms with Crippen LogP contribution in [-0.4, -0.2) is 16.1 Å². The van der Waals surface area contributed by atoms with Gasteiger partial charge in [-0.1, -0.05) is 0 Å². The van der Waals surface area contributed by atoms with Gasteiger partial charge in [0.05, 0.1) is 0 Å². The molecule has 1 rings (SSSR count). The average Bonchev–Trinajstić information content (AvgIpc) is 2.14. The SMILES string of the molecule is O=C(O)/C=C/NCc1ccncc1. The Balaban J connectivity index is 2.32. The lowest BCUT2D eigenvalue weighted by Gasteiger charge is -1.98. The number of rotatable bonds is 4. The number of nitrogens with zero attached hydrogens (tertiary/aromatic N) is 1. The molecule has 0 unspecified atom stereocenters. The summed E-state index contributed by atoms with van der Waals surface area (Å²) in [5.74, 6) is -0.956. The summed E-state index contributed by atoms with van der Waals surface area (Å²) in [7, 11) is 0. The maximum Gasteiger partial charge on any atom is 0.329 e. The lowest BCUT2D eigenvalue weighted by atomic mass is 10.3. The maximum absolute atomic E-state index is 10.1. The van der Waals surface area contributed by atoms with Gasteiger partial charge < -0.3 is 10.4 Å². The van der Waals surface area contributed by atoms with Crippen molar-refractivity contribution in [3.8, 4) is 0 Å². The number of carbonyl (C=O) groups is 1. The zero-order chi connectivity index (χ0) is 9.52. The fraction of sp³-hybridized carbons (Fsp3) is 0.111. The number of pyridine rings is 1. The summed E-state index contributed by atoms with van der Waals surface area (Å²) in [5, 5.41) is 11.1. The van der Waals surface area contributed by atoms with Crippen LogP contribution in [0.4, 0.5) is 0 Å². The molecule has 0 spiro atoms. The summed E-state index contributed by atoms with van der Waals surface area (Å²) in [6.45, 7) is 0.603. The van der Waals surface area contributed by atoms with Gasteiger partial charge >= 0.3 is 5.97 Å². The van der Waals surface area contributed by atoms with Crippen molar-refractivity contribution in [3.63, 3.8) is 0 Å². The standard InChI is InChI=1S/C9H10N2O2/c12-9(13)3-6-11-7-8-1-4-10-5-2-8/h1-6,11H,7H2,(H,12,13)/b6-3+. The molecule has 0 aliphatic carbocycles. The average molecular weight is 178 g/mol. The highest BCUT2D eigenvalue weighted by molar-refractivity contribution is 5.79. The summed E-state index contributed by atoms with van der Waals surface area (Å²) >= 11 is 0. The Kier molecular flexibility index (Phi) is 3.50. The Morgan fingerprint density at radius 1 is 1.54 bits per heavy atom. The third-order valence-electron chi connectivity index (χ3n) is 1.40. The number of nitrogens with one attached hydrogen (secondary N) is 1. The van der Waals surface area contributed by atoms with Gasteiger partial charge in [-0.15, -0.1) is 0 Å². The highest BCUT2D eigenvalue weighted by Crippen LogP contribution is 1.94. The van der Waals surface area contributed by atoms with E-state index in [-0.39, 0.29) is 0 Å². The minimum absolute atomic E-state index is 0.603. The number of carboxylic acids is 1. The Hall–Kier alpha value is -1.84. The fourth-order valence-corrected chi connectivity index (χ4v) is 0.808. The molecule has 4 nitrogen and oxygen atoms in total. The van der Waals surface area contributed by atoms with E-state index in [1.165, 1.54) is 6.20 Å². The Bertz CT molecular complexity index is 296. The van der Waals surface area contributed by atoms with Crippen LogP contribution in [0.15, 0.2) is 36.8 Å². The molecular weight excluding hydrogens is 168 g/mol. The largest absolute Gasteiger partial charge is 0.478 e. The molecule has 0 radical (unpaired) electrons. The summed E-state index contributed by atoms with van der Waals surface area (Å²) in [5.41, 5.74) is 1.06. The van der Waals surface area contributed by atoms with Crippen molar-refractivity contribution in [3.05, 3.63) is 42.4 Å². The van der Waals surface area contributed by atoms with E-state index >= 15 is 0 Å². The van der Waals surface area contributed by atoms with E-state index in [4.69, 9.17) is 5.11 Å². The van der Waals surface area contributed by atoms with Crippen LogP contribution in [0.1, 0.15) is 5.56 Å². The van der Waals surface area contributed by atoms with Gasteiger partial charge in [0.2, 0.25) is 0 Å². The van der Waals surface area contributed by atoms with E-state index in [1.807, 2.05) is 12.1 Å². The topological polar surface area (TPSA) is 62.2 Å². The van der Waals surface area contributed by atoms with Gasteiger partial charge in [0.25, 0.3) is 0 Å². The second-order valence-electron chi connectivity index (χ2n) is 2.41. The van der Waals surface area contributed by atoms with Crippen LogP contribution in [0.25, 0.3) is 0 Å². The normalized spacial score (nSPS) is 10.2. The van der Waals surface area contributed by atoms with E-state index in [1.54, 1.807) is 12.4 Å². The summed E-state index contributed by atoms with van der Waals surface area (Å²) in [6.07, 6.45) is 5.85. The number of hydrogen-bond donors (Lipinski definition) is 2. The van der Waals surface area contributed by atoms with Gasteiger partial charge in [0.1, 0.15) is 0 Å². The minimum atomic E-state index is -0.956. The van der Waals surface area contributed by atoms with Crippen molar-refractivity contribution in [2.75, 3.05) is 0 Å². The predicted octanol–water partition coefficient (Wildman–Crippen LogP) is 0.769. The van der Waals surface area contributed by atoms with E-state index in [0.717, 1.165) is 11.6 Å². The summed E-state index contributed by atoms with van der Waals surface area (Å²) < 4.78 is 0. The third-order valence-corrected chi connectivity index (χ3v) is 1.40. The van der Waals surface area contributed by atoms with Gasteiger partial charge in [-0.05, 0) is 17.7 Å². The van der Waals surface area contributed by atoms with Crippen molar-refractivity contribution in [1.29, 1.82) is 0 Å². The molecule has 0 bridgehead atoms. The molecule has 0 saturated heterocycles. The van der Waals surface area contributed by atoms with Crippen LogP contribution in [0.3, 0.4) is 0 Å². The van der Waals surface area contributed by atoms with Crippen LogP contribution in [0, 0.1) is 0 Å². The zero-order valence-corrected chi connectivity index (χ0v) is 6.97. The molecule has 1 heterocycles. The van der Waals surface area contributed by atoms with E-state index in [9.17, 15) is 4.79 Å². The van der Waals surface area contributed by atoms with Crippen LogP contribution in [0.2, 0.25) is 0 Å². The maximum atomic E-state index is 10.1. The molecule has 4 heteroatoms. The van der Waals surface area contributed by atoms with Gasteiger partial charge in [-0.25, -0.2) is 4.79 Å². The van der Waals surface area contributed by atoms with Gasteiger partial charge in [-0.3, -0.25) is 4.98 Å².